The lowest BCUT2D eigenvalue weighted by Gasteiger charge is -2.23. The first kappa shape index (κ1) is 12.9. The minimum atomic E-state index is 0.660. The molecule has 2 heterocycles. The zero-order valence-corrected chi connectivity index (χ0v) is 12.7. The zero-order valence-electron chi connectivity index (χ0n) is 12.7. The van der Waals surface area contributed by atoms with Gasteiger partial charge in [0.05, 0.1) is 5.69 Å². The molecule has 1 aromatic rings. The molecule has 3 aliphatic rings. The predicted molar refractivity (Wildman–Crippen MR) is 80.9 cm³/mol. The Kier molecular flexibility index (Phi) is 3.33. The molecule has 0 bridgehead atoms. The Labute approximate surface area is 122 Å². The lowest BCUT2D eigenvalue weighted by molar-refractivity contribution is 0.430. The Morgan fingerprint density at radius 1 is 1.25 bits per heavy atom. The first-order valence-electron chi connectivity index (χ1n) is 8.63. The Hall–Kier alpha value is -0.830. The Morgan fingerprint density at radius 3 is 2.80 bits per heavy atom. The summed E-state index contributed by atoms with van der Waals surface area (Å²) in [5, 5.41) is 3.49. The van der Waals surface area contributed by atoms with Gasteiger partial charge < -0.3 is 9.88 Å². The summed E-state index contributed by atoms with van der Waals surface area (Å²) in [6.07, 6.45) is 11.0. The van der Waals surface area contributed by atoms with Crippen molar-refractivity contribution in [1.29, 1.82) is 0 Å². The number of rotatable bonds is 4. The van der Waals surface area contributed by atoms with Crippen molar-refractivity contribution in [2.24, 2.45) is 5.92 Å². The fraction of sp³-hybridized carbons (Fsp3) is 0.824. The van der Waals surface area contributed by atoms with Crippen molar-refractivity contribution in [3.05, 3.63) is 17.2 Å². The quantitative estimate of drug-likeness (QED) is 0.909. The van der Waals surface area contributed by atoms with Gasteiger partial charge in [0, 0.05) is 37.2 Å². The number of hydrogen-bond donors (Lipinski definition) is 1. The highest BCUT2D eigenvalue weighted by Gasteiger charge is 2.31. The normalized spacial score (nSPS) is 24.9. The standard InChI is InChI=1S/C17H27N3/c1-12(10-13-6-7-13)20-16-8-9-18-11-15(16)19-17(20)14-4-2-3-5-14/h12-14,18H,2-11H2,1H3. The van der Waals surface area contributed by atoms with Crippen molar-refractivity contribution in [2.45, 2.75) is 76.8 Å². The largest absolute Gasteiger partial charge is 0.329 e. The van der Waals surface area contributed by atoms with Gasteiger partial charge in [0.15, 0.2) is 0 Å². The first-order chi connectivity index (χ1) is 9.83. The maximum Gasteiger partial charge on any atom is 0.112 e. The molecule has 1 unspecified atom stereocenters. The van der Waals surface area contributed by atoms with E-state index in [1.54, 1.807) is 5.69 Å². The van der Waals surface area contributed by atoms with Crippen LogP contribution in [0.4, 0.5) is 0 Å². The Bertz CT molecular complexity index is 481. The first-order valence-corrected chi connectivity index (χ1v) is 8.63. The average Bonchev–Trinajstić information content (AvgIpc) is 2.99. The van der Waals surface area contributed by atoms with Gasteiger partial charge in [0.25, 0.3) is 0 Å². The number of imidazole rings is 1. The molecule has 1 aromatic heterocycles. The molecule has 2 aliphatic carbocycles. The van der Waals surface area contributed by atoms with Crippen LogP contribution in [0.2, 0.25) is 0 Å². The fourth-order valence-corrected chi connectivity index (χ4v) is 4.26. The van der Waals surface area contributed by atoms with E-state index in [0.717, 1.165) is 24.9 Å². The van der Waals surface area contributed by atoms with Crippen molar-refractivity contribution in [1.82, 2.24) is 14.9 Å². The van der Waals surface area contributed by atoms with Crippen LogP contribution < -0.4 is 5.32 Å². The van der Waals surface area contributed by atoms with Crippen molar-refractivity contribution in [3.8, 4) is 0 Å². The van der Waals surface area contributed by atoms with Crippen LogP contribution in [-0.4, -0.2) is 16.1 Å². The predicted octanol–water partition coefficient (Wildman–Crippen LogP) is 3.55. The van der Waals surface area contributed by atoms with Crippen LogP contribution in [-0.2, 0) is 13.0 Å². The van der Waals surface area contributed by atoms with Gasteiger partial charge in [-0.2, -0.15) is 0 Å². The summed E-state index contributed by atoms with van der Waals surface area (Å²) in [7, 11) is 0. The fourth-order valence-electron chi connectivity index (χ4n) is 4.26. The topological polar surface area (TPSA) is 29.9 Å². The molecule has 0 aromatic carbocycles. The average molecular weight is 273 g/mol. The third kappa shape index (κ3) is 2.30. The van der Waals surface area contributed by atoms with E-state index in [1.807, 2.05) is 0 Å². The summed E-state index contributed by atoms with van der Waals surface area (Å²) in [4.78, 5) is 5.08. The second kappa shape index (κ2) is 5.18. The molecule has 1 aliphatic heterocycles. The molecule has 0 radical (unpaired) electrons. The van der Waals surface area contributed by atoms with Crippen molar-refractivity contribution >= 4 is 0 Å². The summed E-state index contributed by atoms with van der Waals surface area (Å²) in [6, 6.07) is 0.660. The summed E-state index contributed by atoms with van der Waals surface area (Å²) >= 11 is 0. The maximum atomic E-state index is 5.08. The molecule has 0 spiro atoms. The smallest absolute Gasteiger partial charge is 0.112 e. The van der Waals surface area contributed by atoms with E-state index in [0.29, 0.717) is 6.04 Å². The van der Waals surface area contributed by atoms with Gasteiger partial charge in [-0.1, -0.05) is 25.7 Å². The van der Waals surface area contributed by atoms with E-state index in [9.17, 15) is 0 Å². The molecule has 110 valence electrons. The van der Waals surface area contributed by atoms with E-state index in [4.69, 9.17) is 4.98 Å². The van der Waals surface area contributed by atoms with Crippen LogP contribution in [0.25, 0.3) is 0 Å². The molecule has 1 atom stereocenters. The molecule has 0 saturated heterocycles. The number of nitrogens with one attached hydrogen (secondary N) is 1. The van der Waals surface area contributed by atoms with Crippen molar-refractivity contribution in [2.75, 3.05) is 6.54 Å². The lowest BCUT2D eigenvalue weighted by atomic mass is 10.1. The third-order valence-corrected chi connectivity index (χ3v) is 5.48. The SMILES string of the molecule is CC(CC1CC1)n1c(C2CCCC2)nc2c1CCNC2. The zero-order chi connectivity index (χ0) is 13.5. The number of hydrogen-bond acceptors (Lipinski definition) is 2. The van der Waals surface area contributed by atoms with Gasteiger partial charge in [-0.05, 0) is 32.1 Å². The molecular weight excluding hydrogens is 246 g/mol. The number of nitrogens with zero attached hydrogens (tertiary/aromatic N) is 2. The van der Waals surface area contributed by atoms with Crippen LogP contribution in [0.15, 0.2) is 0 Å². The third-order valence-electron chi connectivity index (χ3n) is 5.48. The second-order valence-corrected chi connectivity index (χ2v) is 7.17. The maximum absolute atomic E-state index is 5.08. The lowest BCUT2D eigenvalue weighted by Crippen LogP contribution is -2.26. The van der Waals surface area contributed by atoms with Gasteiger partial charge in [0.1, 0.15) is 5.82 Å². The molecule has 1 N–H and O–H groups in total. The van der Waals surface area contributed by atoms with Crippen molar-refractivity contribution < 1.29 is 0 Å². The summed E-state index contributed by atoms with van der Waals surface area (Å²) in [5.41, 5.74) is 2.90. The van der Waals surface area contributed by atoms with Crippen LogP contribution in [0.3, 0.4) is 0 Å². The number of fused-ring (bicyclic) bond motifs is 1. The highest BCUT2D eigenvalue weighted by atomic mass is 15.1. The highest BCUT2D eigenvalue weighted by molar-refractivity contribution is 5.23. The van der Waals surface area contributed by atoms with Crippen LogP contribution in [0.5, 0.6) is 0 Å². The van der Waals surface area contributed by atoms with Crippen LogP contribution >= 0.6 is 0 Å². The van der Waals surface area contributed by atoms with Crippen LogP contribution in [0.1, 0.15) is 81.0 Å². The Morgan fingerprint density at radius 2 is 2.05 bits per heavy atom. The Balaban J connectivity index is 1.69. The summed E-state index contributed by atoms with van der Waals surface area (Å²) in [5.74, 6) is 3.17. The van der Waals surface area contributed by atoms with E-state index in [2.05, 4.69) is 16.8 Å². The van der Waals surface area contributed by atoms with Gasteiger partial charge >= 0.3 is 0 Å². The van der Waals surface area contributed by atoms with Gasteiger partial charge in [-0.15, -0.1) is 0 Å². The molecule has 20 heavy (non-hydrogen) atoms. The minimum Gasteiger partial charge on any atom is -0.329 e. The van der Waals surface area contributed by atoms with Gasteiger partial charge in [0.2, 0.25) is 0 Å². The van der Waals surface area contributed by atoms with Gasteiger partial charge in [-0.25, -0.2) is 4.98 Å². The van der Waals surface area contributed by atoms with E-state index < -0.39 is 0 Å². The molecule has 3 nitrogen and oxygen atoms in total. The molecule has 4 rings (SSSR count). The van der Waals surface area contributed by atoms with E-state index >= 15 is 0 Å². The molecule has 0 amide bonds. The second-order valence-electron chi connectivity index (χ2n) is 7.17. The van der Waals surface area contributed by atoms with Crippen LogP contribution in [0, 0.1) is 5.92 Å². The van der Waals surface area contributed by atoms with Crippen molar-refractivity contribution in [3.63, 3.8) is 0 Å². The molecular formula is C17H27N3. The monoisotopic (exact) mass is 273 g/mol. The minimum absolute atomic E-state index is 0.660. The van der Waals surface area contributed by atoms with Gasteiger partial charge in [-0.3, -0.25) is 0 Å². The van der Waals surface area contributed by atoms with E-state index in [1.165, 1.54) is 62.9 Å². The molecule has 2 saturated carbocycles. The summed E-state index contributed by atoms with van der Waals surface area (Å²) in [6.45, 7) is 4.54. The molecule has 2 fully saturated rings. The van der Waals surface area contributed by atoms with E-state index in [-0.39, 0.29) is 0 Å². The summed E-state index contributed by atoms with van der Waals surface area (Å²) < 4.78 is 2.67. The molecule has 3 heteroatoms. The highest BCUT2D eigenvalue weighted by Crippen LogP contribution is 2.41. The number of aromatic nitrogens is 2.